The number of hydrogen-bond acceptors (Lipinski definition) is 4. The number of nitrogens with one attached hydrogen (secondary N) is 1. The first-order valence-electron chi connectivity index (χ1n) is 7.60. The Morgan fingerprint density at radius 1 is 1.30 bits per heavy atom. The van der Waals surface area contributed by atoms with Gasteiger partial charge in [-0.05, 0) is 31.2 Å². The molecule has 1 aliphatic carbocycles. The quantitative estimate of drug-likeness (QED) is 0.852. The average Bonchev–Trinajstić information content (AvgIpc) is 3.22. The lowest BCUT2D eigenvalue weighted by molar-refractivity contribution is -0.123. The fourth-order valence-corrected chi connectivity index (χ4v) is 3.48. The topological polar surface area (TPSA) is 79.3 Å². The van der Waals surface area contributed by atoms with Gasteiger partial charge in [-0.3, -0.25) is 4.79 Å². The summed E-state index contributed by atoms with van der Waals surface area (Å²) in [6.07, 6.45) is 2.14. The van der Waals surface area contributed by atoms with Crippen LogP contribution in [0.1, 0.15) is 52.8 Å². The Kier molecular flexibility index (Phi) is 4.43. The summed E-state index contributed by atoms with van der Waals surface area (Å²) >= 11 is 1.25. The summed E-state index contributed by atoms with van der Waals surface area (Å²) in [5.41, 5.74) is 1.05. The van der Waals surface area contributed by atoms with Gasteiger partial charge in [0.1, 0.15) is 5.01 Å². The highest BCUT2D eigenvalue weighted by Crippen LogP contribution is 2.43. The van der Waals surface area contributed by atoms with Crippen molar-refractivity contribution < 1.29 is 14.7 Å². The Bertz CT molecular complexity index is 710. The Labute approximate surface area is 138 Å². The molecule has 0 bridgehead atoms. The number of rotatable bonds is 6. The number of carboxylic acid groups (broad SMARTS) is 1. The van der Waals surface area contributed by atoms with E-state index in [4.69, 9.17) is 5.11 Å². The number of carbonyl (C=O) groups excluding carboxylic acids is 1. The third-order valence-electron chi connectivity index (χ3n) is 4.00. The van der Waals surface area contributed by atoms with Gasteiger partial charge in [-0.15, -0.1) is 11.3 Å². The second-order valence-corrected chi connectivity index (χ2v) is 6.72. The third-order valence-corrected chi connectivity index (χ3v) is 5.03. The van der Waals surface area contributed by atoms with Crippen LogP contribution in [0.5, 0.6) is 0 Å². The van der Waals surface area contributed by atoms with Crippen LogP contribution in [0.15, 0.2) is 35.7 Å². The first kappa shape index (κ1) is 15.7. The van der Waals surface area contributed by atoms with Crippen LogP contribution < -0.4 is 5.32 Å². The molecule has 3 rings (SSSR count). The van der Waals surface area contributed by atoms with Gasteiger partial charge in [0.05, 0.1) is 12.0 Å². The molecule has 1 aromatic carbocycles. The van der Waals surface area contributed by atoms with Crippen LogP contribution in [0.3, 0.4) is 0 Å². The van der Waals surface area contributed by atoms with Crippen LogP contribution in [0, 0.1) is 5.92 Å². The Morgan fingerprint density at radius 2 is 2.00 bits per heavy atom. The van der Waals surface area contributed by atoms with E-state index < -0.39 is 5.97 Å². The molecule has 5 nitrogen and oxygen atoms in total. The van der Waals surface area contributed by atoms with E-state index in [1.54, 1.807) is 0 Å². The third kappa shape index (κ3) is 3.59. The zero-order valence-electron chi connectivity index (χ0n) is 12.7. The van der Waals surface area contributed by atoms with Crippen molar-refractivity contribution >= 4 is 23.2 Å². The molecule has 1 saturated carbocycles. The molecule has 0 saturated heterocycles. The zero-order chi connectivity index (χ0) is 16.4. The summed E-state index contributed by atoms with van der Waals surface area (Å²) in [6.45, 7) is 1.83. The molecular formula is C17H18N2O3S. The fraction of sp³-hybridized carbons (Fsp3) is 0.353. The largest absolute Gasteiger partial charge is 0.476 e. The van der Waals surface area contributed by atoms with E-state index in [1.165, 1.54) is 16.7 Å². The molecular weight excluding hydrogens is 312 g/mol. The minimum atomic E-state index is -1.05. The van der Waals surface area contributed by atoms with Gasteiger partial charge in [0.15, 0.2) is 5.69 Å². The maximum atomic E-state index is 12.7. The smallest absolute Gasteiger partial charge is 0.355 e. The van der Waals surface area contributed by atoms with E-state index in [-0.39, 0.29) is 23.6 Å². The number of nitrogens with zero attached hydrogens (tertiary/aromatic N) is 1. The summed E-state index contributed by atoms with van der Waals surface area (Å²) in [7, 11) is 0. The van der Waals surface area contributed by atoms with Gasteiger partial charge in [-0.25, -0.2) is 9.78 Å². The number of thiazole rings is 1. The number of carbonyl (C=O) groups is 2. The Balaban J connectivity index is 1.72. The molecule has 2 atom stereocenters. The van der Waals surface area contributed by atoms with Crippen molar-refractivity contribution in [2.45, 2.75) is 31.7 Å². The molecule has 1 aliphatic rings. The summed E-state index contributed by atoms with van der Waals surface area (Å²) in [5.74, 6) is -0.808. The molecule has 0 radical (unpaired) electrons. The van der Waals surface area contributed by atoms with Crippen LogP contribution in [0.4, 0.5) is 0 Å². The normalized spacial score (nSPS) is 16.6. The molecule has 120 valence electrons. The van der Waals surface area contributed by atoms with E-state index >= 15 is 0 Å². The lowest BCUT2D eigenvalue weighted by Gasteiger charge is -2.19. The van der Waals surface area contributed by atoms with E-state index in [9.17, 15) is 9.59 Å². The average molecular weight is 330 g/mol. The van der Waals surface area contributed by atoms with Crippen molar-refractivity contribution in [1.82, 2.24) is 10.3 Å². The highest BCUT2D eigenvalue weighted by molar-refractivity contribution is 7.09. The maximum absolute atomic E-state index is 12.7. The molecule has 0 aliphatic heterocycles. The predicted octanol–water partition coefficient (Wildman–Crippen LogP) is 3.21. The van der Waals surface area contributed by atoms with Gasteiger partial charge in [0.2, 0.25) is 5.91 Å². The van der Waals surface area contributed by atoms with E-state index in [1.807, 2.05) is 37.3 Å². The van der Waals surface area contributed by atoms with E-state index in [0.717, 1.165) is 18.4 Å². The number of aromatic carboxylic acids is 1. The minimum absolute atomic E-state index is 0.0155. The molecule has 2 N–H and O–H groups in total. The molecule has 1 amide bonds. The van der Waals surface area contributed by atoms with Gasteiger partial charge < -0.3 is 10.4 Å². The van der Waals surface area contributed by atoms with Gasteiger partial charge in [0.25, 0.3) is 0 Å². The SMILES string of the molecule is CC(NC(=O)C(c1ccccc1)C1CC1)c1nc(C(=O)O)cs1. The summed E-state index contributed by atoms with van der Waals surface area (Å²) < 4.78 is 0. The standard InChI is InChI=1S/C17H18N2O3S/c1-10(16-19-13(9-23-16)17(21)22)18-15(20)14(12-7-8-12)11-5-3-2-4-6-11/h2-6,9-10,12,14H,7-8H2,1H3,(H,18,20)(H,21,22). The highest BCUT2D eigenvalue weighted by atomic mass is 32.1. The Hall–Kier alpha value is -2.21. The van der Waals surface area contributed by atoms with Crippen molar-refractivity contribution in [2.75, 3.05) is 0 Å². The number of hydrogen-bond donors (Lipinski definition) is 2. The minimum Gasteiger partial charge on any atom is -0.476 e. The second-order valence-electron chi connectivity index (χ2n) is 5.83. The van der Waals surface area contributed by atoms with E-state index in [2.05, 4.69) is 10.3 Å². The number of benzene rings is 1. The number of amides is 1. The van der Waals surface area contributed by atoms with Gasteiger partial charge in [0, 0.05) is 5.38 Å². The number of carboxylic acids is 1. The molecule has 1 fully saturated rings. The summed E-state index contributed by atoms with van der Waals surface area (Å²) in [5, 5.41) is 14.0. The molecule has 2 aromatic rings. The predicted molar refractivity (Wildman–Crippen MR) is 87.5 cm³/mol. The lowest BCUT2D eigenvalue weighted by Crippen LogP contribution is -2.32. The van der Waals surface area contributed by atoms with Crippen molar-refractivity contribution in [3.05, 3.63) is 52.0 Å². The van der Waals surface area contributed by atoms with Crippen LogP contribution in [0.2, 0.25) is 0 Å². The van der Waals surface area contributed by atoms with Gasteiger partial charge in [-0.2, -0.15) is 0 Å². The van der Waals surface area contributed by atoms with Crippen LogP contribution in [0.25, 0.3) is 0 Å². The van der Waals surface area contributed by atoms with Crippen molar-refractivity contribution in [3.8, 4) is 0 Å². The second kappa shape index (κ2) is 6.50. The van der Waals surface area contributed by atoms with Crippen LogP contribution >= 0.6 is 11.3 Å². The van der Waals surface area contributed by atoms with E-state index in [0.29, 0.717) is 10.9 Å². The van der Waals surface area contributed by atoms with Crippen molar-refractivity contribution in [1.29, 1.82) is 0 Å². The molecule has 1 heterocycles. The highest BCUT2D eigenvalue weighted by Gasteiger charge is 2.37. The molecule has 23 heavy (non-hydrogen) atoms. The summed E-state index contributed by atoms with van der Waals surface area (Å²) in [4.78, 5) is 27.7. The Morgan fingerprint density at radius 3 is 2.57 bits per heavy atom. The number of aromatic nitrogens is 1. The first-order valence-corrected chi connectivity index (χ1v) is 8.48. The molecule has 2 unspecified atom stereocenters. The van der Waals surface area contributed by atoms with Crippen LogP contribution in [-0.2, 0) is 4.79 Å². The first-order chi connectivity index (χ1) is 11.1. The van der Waals surface area contributed by atoms with Gasteiger partial charge >= 0.3 is 5.97 Å². The fourth-order valence-electron chi connectivity index (χ4n) is 2.68. The molecule has 6 heteroatoms. The van der Waals surface area contributed by atoms with Gasteiger partial charge in [-0.1, -0.05) is 30.3 Å². The zero-order valence-corrected chi connectivity index (χ0v) is 13.5. The van der Waals surface area contributed by atoms with Crippen molar-refractivity contribution in [2.24, 2.45) is 5.92 Å². The maximum Gasteiger partial charge on any atom is 0.355 e. The molecule has 0 spiro atoms. The van der Waals surface area contributed by atoms with Crippen LogP contribution in [-0.4, -0.2) is 22.0 Å². The lowest BCUT2D eigenvalue weighted by atomic mass is 9.93. The summed E-state index contributed by atoms with van der Waals surface area (Å²) in [6, 6.07) is 9.50. The molecule has 1 aromatic heterocycles. The van der Waals surface area contributed by atoms with Crippen molar-refractivity contribution in [3.63, 3.8) is 0 Å². The monoisotopic (exact) mass is 330 g/mol.